The molecule has 7 atom stereocenters. The van der Waals surface area contributed by atoms with E-state index >= 15 is 0 Å². The highest BCUT2D eigenvalue weighted by Crippen LogP contribution is 2.67. The molecule has 38 heavy (non-hydrogen) atoms. The number of phosphoric acid groups is 3. The molecule has 0 aliphatic carbocycles. The Bertz CT molecular complexity index is 1460. The minimum atomic E-state index is -5.72. The number of fused-ring (bicyclic) bond motifs is 1. The third-order valence-electron chi connectivity index (χ3n) is 4.85. The summed E-state index contributed by atoms with van der Waals surface area (Å²) >= 11 is 1.95. The molecule has 3 aromatic rings. The van der Waals surface area contributed by atoms with Gasteiger partial charge in [-0.05, 0) is 46.9 Å². The fourth-order valence-electron chi connectivity index (χ4n) is 3.27. The number of nitrogens with two attached hydrogens (primary N) is 1. The van der Waals surface area contributed by atoms with E-state index in [1.165, 1.54) is 35.2 Å². The SMILES string of the molecule is Nc1ncnc2c1ncn2[C@@H]1O[C@H](COP(=O)(O)OP(=O)(O)OP(=O)(O)Oc2ccc(I)cc2)[C@@H](O)[C@H]1O. The van der Waals surface area contributed by atoms with E-state index in [0.29, 0.717) is 0 Å². The van der Waals surface area contributed by atoms with Gasteiger partial charge in [-0.15, -0.1) is 0 Å². The number of benzene rings is 1. The Morgan fingerprint density at radius 2 is 1.63 bits per heavy atom. The van der Waals surface area contributed by atoms with Crippen molar-refractivity contribution in [2.45, 2.75) is 24.5 Å². The Morgan fingerprint density at radius 3 is 2.32 bits per heavy atom. The van der Waals surface area contributed by atoms with E-state index in [4.69, 9.17) is 10.5 Å². The molecule has 4 rings (SSSR count). The maximum absolute atomic E-state index is 12.2. The number of phosphoric ester groups is 2. The first-order valence-corrected chi connectivity index (χ1v) is 15.7. The van der Waals surface area contributed by atoms with E-state index in [9.17, 15) is 38.6 Å². The third kappa shape index (κ3) is 6.95. The van der Waals surface area contributed by atoms with E-state index in [1.807, 2.05) is 22.6 Å². The lowest BCUT2D eigenvalue weighted by Crippen LogP contribution is -2.33. The number of anilines is 1. The van der Waals surface area contributed by atoms with Gasteiger partial charge in [-0.2, -0.15) is 8.62 Å². The molecule has 1 saturated heterocycles. The molecule has 0 saturated carbocycles. The van der Waals surface area contributed by atoms with Crippen LogP contribution in [-0.4, -0.2) is 69.3 Å². The number of ether oxygens (including phenoxy) is 1. The highest BCUT2D eigenvalue weighted by molar-refractivity contribution is 14.1. The zero-order chi connectivity index (χ0) is 27.9. The van der Waals surface area contributed by atoms with Crippen LogP contribution in [0.5, 0.6) is 5.75 Å². The fourth-order valence-corrected chi connectivity index (χ4v) is 7.14. The average Bonchev–Trinajstić information content (AvgIpc) is 3.34. The van der Waals surface area contributed by atoms with Crippen molar-refractivity contribution in [1.82, 2.24) is 19.5 Å². The van der Waals surface area contributed by atoms with E-state index in [1.54, 1.807) is 0 Å². The Morgan fingerprint density at radius 1 is 0.974 bits per heavy atom. The number of imidazole rings is 1. The van der Waals surface area contributed by atoms with Crippen molar-refractivity contribution in [2.24, 2.45) is 0 Å². The van der Waals surface area contributed by atoms with Gasteiger partial charge in [-0.3, -0.25) is 14.0 Å². The van der Waals surface area contributed by atoms with E-state index in [2.05, 4.69) is 32.6 Å². The predicted octanol–water partition coefficient (Wildman–Crippen LogP) is 1.06. The monoisotopic (exact) mass is 709 g/mol. The van der Waals surface area contributed by atoms with Gasteiger partial charge in [0.05, 0.1) is 12.9 Å². The van der Waals surface area contributed by atoms with Crippen LogP contribution in [0, 0.1) is 3.57 Å². The molecular weight excluding hydrogens is 690 g/mol. The van der Waals surface area contributed by atoms with Gasteiger partial charge in [-0.25, -0.2) is 28.6 Å². The van der Waals surface area contributed by atoms with Crippen LogP contribution in [0.25, 0.3) is 11.2 Å². The van der Waals surface area contributed by atoms with Crippen LogP contribution in [0.2, 0.25) is 0 Å². The van der Waals surface area contributed by atoms with Crippen molar-refractivity contribution in [1.29, 1.82) is 0 Å². The normalized spacial score (nSPS) is 26.5. The van der Waals surface area contributed by atoms with Crippen molar-refractivity contribution in [3.05, 3.63) is 40.5 Å². The van der Waals surface area contributed by atoms with Gasteiger partial charge in [-0.1, -0.05) is 0 Å². The number of rotatable bonds is 10. The molecule has 1 aromatic carbocycles. The summed E-state index contributed by atoms with van der Waals surface area (Å²) in [4.78, 5) is 41.1. The van der Waals surface area contributed by atoms with Crippen molar-refractivity contribution in [3.63, 3.8) is 0 Å². The summed E-state index contributed by atoms with van der Waals surface area (Å²) in [5, 5.41) is 20.7. The zero-order valence-corrected chi connectivity index (χ0v) is 23.4. The summed E-state index contributed by atoms with van der Waals surface area (Å²) in [5.41, 5.74) is 6.07. The van der Waals surface area contributed by atoms with Gasteiger partial charge in [0.25, 0.3) is 0 Å². The van der Waals surface area contributed by atoms with E-state index in [-0.39, 0.29) is 22.7 Å². The minimum absolute atomic E-state index is 0.0482. The lowest BCUT2D eigenvalue weighted by atomic mass is 10.1. The number of aliphatic hydroxyl groups is 2. The molecule has 7 N–H and O–H groups in total. The molecule has 0 bridgehead atoms. The molecule has 0 spiro atoms. The molecule has 2 aromatic heterocycles. The molecule has 18 nitrogen and oxygen atoms in total. The number of nitrogen functional groups attached to an aromatic ring is 1. The van der Waals surface area contributed by atoms with Crippen molar-refractivity contribution < 1.29 is 61.0 Å². The Labute approximate surface area is 226 Å². The van der Waals surface area contributed by atoms with Gasteiger partial charge in [0, 0.05) is 3.57 Å². The first-order chi connectivity index (χ1) is 17.7. The van der Waals surface area contributed by atoms with Crippen LogP contribution in [0.4, 0.5) is 5.82 Å². The predicted molar refractivity (Wildman–Crippen MR) is 133 cm³/mol. The lowest BCUT2D eigenvalue weighted by molar-refractivity contribution is -0.0503. The van der Waals surface area contributed by atoms with Gasteiger partial charge >= 0.3 is 23.5 Å². The summed E-state index contributed by atoms with van der Waals surface area (Å²) in [6.45, 7) is -0.942. The minimum Gasteiger partial charge on any atom is -0.404 e. The first kappa shape index (κ1) is 29.4. The quantitative estimate of drug-likeness (QED) is 0.127. The lowest BCUT2D eigenvalue weighted by Gasteiger charge is -2.20. The summed E-state index contributed by atoms with van der Waals surface area (Å²) in [6.07, 6.45) is -3.66. The zero-order valence-electron chi connectivity index (χ0n) is 18.6. The van der Waals surface area contributed by atoms with E-state index < -0.39 is 54.6 Å². The van der Waals surface area contributed by atoms with Gasteiger partial charge in [0.1, 0.15) is 35.9 Å². The second-order valence-corrected chi connectivity index (χ2v) is 13.3. The molecule has 3 heterocycles. The van der Waals surface area contributed by atoms with E-state index in [0.717, 1.165) is 9.90 Å². The summed E-state index contributed by atoms with van der Waals surface area (Å²) in [6, 6.07) is 5.53. The van der Waals surface area contributed by atoms with Gasteiger partial charge < -0.3 is 35.0 Å². The van der Waals surface area contributed by atoms with Crippen LogP contribution in [-0.2, 0) is 31.6 Å². The fraction of sp³-hybridized carbons (Fsp3) is 0.312. The molecule has 22 heteroatoms. The smallest absolute Gasteiger partial charge is 0.404 e. The molecule has 1 aliphatic rings. The molecule has 1 fully saturated rings. The highest BCUT2D eigenvalue weighted by Gasteiger charge is 2.47. The van der Waals surface area contributed by atoms with Crippen LogP contribution in [0.15, 0.2) is 36.9 Å². The van der Waals surface area contributed by atoms with Crippen molar-refractivity contribution in [3.8, 4) is 5.75 Å². The number of halogens is 1. The molecule has 3 unspecified atom stereocenters. The Balaban J connectivity index is 1.37. The van der Waals surface area contributed by atoms with Crippen molar-refractivity contribution >= 4 is 63.0 Å². The van der Waals surface area contributed by atoms with Crippen LogP contribution >= 0.6 is 46.1 Å². The summed E-state index contributed by atoms with van der Waals surface area (Å²) in [5.74, 6) is -0.160. The third-order valence-corrected chi connectivity index (χ3v) is 9.79. The van der Waals surface area contributed by atoms with Crippen LogP contribution in [0.3, 0.4) is 0 Å². The molecular formula is C16H19IN5O13P3. The molecule has 1 aliphatic heterocycles. The second kappa shape index (κ2) is 11.1. The van der Waals surface area contributed by atoms with Crippen LogP contribution in [0.1, 0.15) is 6.23 Å². The maximum Gasteiger partial charge on any atom is 0.536 e. The Kier molecular flexibility index (Phi) is 8.61. The topological polar surface area (TPSA) is 268 Å². The number of hydrogen-bond acceptors (Lipinski definition) is 14. The summed E-state index contributed by atoms with van der Waals surface area (Å²) < 4.78 is 61.1. The molecule has 0 amide bonds. The standard InChI is InChI=1S/C16H19IN5O13P3/c17-8-1-3-9(4-2-8)33-37(27,28)35-38(29,30)34-36(25,26)31-5-10-12(23)13(24)16(32-10)22-7-21-11-14(18)19-6-20-15(11)22/h1-4,6-7,10,12-13,16,23-24H,5H2,(H,25,26)(H,27,28)(H,29,30)(H2,18,19,20)/t10-,12-,13-,16-/m1/s1. The average molecular weight is 709 g/mol. The summed E-state index contributed by atoms with van der Waals surface area (Å²) in [7, 11) is -16.5. The number of nitrogens with zero attached hydrogens (tertiary/aromatic N) is 4. The largest absolute Gasteiger partial charge is 0.536 e. The maximum atomic E-state index is 12.2. The highest BCUT2D eigenvalue weighted by atomic mass is 127. The number of hydrogen-bond donors (Lipinski definition) is 6. The first-order valence-electron chi connectivity index (χ1n) is 10.1. The van der Waals surface area contributed by atoms with Crippen LogP contribution < -0.4 is 10.3 Å². The van der Waals surface area contributed by atoms with Gasteiger partial charge in [0.2, 0.25) is 0 Å². The van der Waals surface area contributed by atoms with Gasteiger partial charge in [0.15, 0.2) is 17.7 Å². The molecule has 0 radical (unpaired) electrons. The molecule has 208 valence electrons. The van der Waals surface area contributed by atoms with Crippen molar-refractivity contribution in [2.75, 3.05) is 12.3 Å². The Hall–Kier alpha value is -1.57. The number of aromatic nitrogens is 4. The number of aliphatic hydroxyl groups excluding tert-OH is 2. The second-order valence-electron chi connectivity index (χ2n) is 7.54.